The van der Waals surface area contributed by atoms with Crippen LogP contribution in [0.4, 0.5) is 0 Å². The second-order valence-electron chi connectivity index (χ2n) is 7.35. The molecule has 2 rings (SSSR count). The molecule has 3 N–H and O–H groups in total. The zero-order valence-electron chi connectivity index (χ0n) is 18.7. The van der Waals surface area contributed by atoms with Gasteiger partial charge in [0, 0.05) is 24.6 Å². The van der Waals surface area contributed by atoms with Gasteiger partial charge in [-0.15, -0.1) is 0 Å². The van der Waals surface area contributed by atoms with Crippen molar-refractivity contribution in [3.8, 4) is 5.75 Å². The molecular weight excluding hydrogens is 442 g/mol. The van der Waals surface area contributed by atoms with Crippen LogP contribution < -0.4 is 10.1 Å². The summed E-state index contributed by atoms with van der Waals surface area (Å²) in [6.45, 7) is 0.300. The number of unbranched alkanes of at least 4 members (excludes halogenated alkanes) is 2. The molecule has 0 aliphatic rings. The zero-order chi connectivity index (χ0) is 24.9. The third-order valence-corrected chi connectivity index (χ3v) is 4.81. The number of benzene rings is 2. The Morgan fingerprint density at radius 2 is 1.62 bits per heavy atom. The lowest BCUT2D eigenvalue weighted by Gasteiger charge is -2.18. The van der Waals surface area contributed by atoms with E-state index in [0.717, 1.165) is 6.08 Å². The van der Waals surface area contributed by atoms with Crippen LogP contribution in [0, 0.1) is 0 Å². The van der Waals surface area contributed by atoms with Crippen LogP contribution in [0.3, 0.4) is 0 Å². The lowest BCUT2D eigenvalue weighted by Crippen LogP contribution is -2.33. The number of esters is 1. The molecule has 1 unspecified atom stereocenters. The maximum Gasteiger partial charge on any atom is 0.339 e. The Morgan fingerprint density at radius 1 is 0.941 bits per heavy atom. The Morgan fingerprint density at radius 3 is 2.21 bits per heavy atom. The highest BCUT2D eigenvalue weighted by molar-refractivity contribution is 5.93. The number of ether oxygens (including phenoxy) is 2. The normalized spacial score (nSPS) is 11.6. The Labute approximate surface area is 197 Å². The van der Waals surface area contributed by atoms with Gasteiger partial charge >= 0.3 is 17.9 Å². The van der Waals surface area contributed by atoms with Crippen molar-refractivity contribution in [3.63, 3.8) is 0 Å². The Kier molecular flexibility index (Phi) is 10.3. The summed E-state index contributed by atoms with van der Waals surface area (Å²) in [5.41, 5.74) is 1.26. The van der Waals surface area contributed by atoms with Gasteiger partial charge in [-0.25, -0.2) is 9.59 Å². The van der Waals surface area contributed by atoms with E-state index in [2.05, 4.69) is 5.32 Å². The maximum absolute atomic E-state index is 12.9. The number of aliphatic carboxylic acids is 2. The fourth-order valence-corrected chi connectivity index (χ4v) is 3.01. The highest BCUT2D eigenvalue weighted by Crippen LogP contribution is 2.22. The molecule has 0 heterocycles. The highest BCUT2D eigenvalue weighted by atomic mass is 16.5. The summed E-state index contributed by atoms with van der Waals surface area (Å²) in [6.07, 6.45) is 2.95. The molecule has 1 atom stereocenters. The molecule has 2 aromatic carbocycles. The Bertz CT molecular complexity index is 1010. The van der Waals surface area contributed by atoms with E-state index in [-0.39, 0.29) is 12.0 Å². The van der Waals surface area contributed by atoms with Crippen LogP contribution in [0.1, 0.15) is 53.3 Å². The number of nitrogens with one attached hydrogen (secondary N) is 1. The molecule has 9 nitrogen and oxygen atoms in total. The number of hydrogen-bond acceptors (Lipinski definition) is 6. The van der Waals surface area contributed by atoms with E-state index in [0.29, 0.717) is 42.7 Å². The van der Waals surface area contributed by atoms with Crippen LogP contribution in [-0.2, 0) is 19.1 Å². The first-order valence-electron chi connectivity index (χ1n) is 10.7. The number of carbonyl (C=O) groups is 4. The number of hydrogen-bond donors (Lipinski definition) is 3. The largest absolute Gasteiger partial charge is 0.497 e. The van der Waals surface area contributed by atoms with Crippen molar-refractivity contribution >= 4 is 29.9 Å². The van der Waals surface area contributed by atoms with Crippen molar-refractivity contribution in [1.29, 1.82) is 0 Å². The van der Waals surface area contributed by atoms with Crippen molar-refractivity contribution in [1.82, 2.24) is 5.32 Å². The molecule has 0 aromatic heterocycles. The molecule has 0 aliphatic carbocycles. The van der Waals surface area contributed by atoms with Crippen LogP contribution in [0.25, 0.3) is 6.08 Å². The molecule has 0 saturated carbocycles. The van der Waals surface area contributed by atoms with E-state index in [9.17, 15) is 19.2 Å². The third-order valence-electron chi connectivity index (χ3n) is 4.81. The minimum absolute atomic E-state index is 0.0682. The van der Waals surface area contributed by atoms with Gasteiger partial charge in [-0.3, -0.25) is 9.59 Å². The summed E-state index contributed by atoms with van der Waals surface area (Å²) in [5.74, 6) is -2.60. The lowest BCUT2D eigenvalue weighted by atomic mass is 10.1. The summed E-state index contributed by atoms with van der Waals surface area (Å²) in [7, 11) is 1.50. The number of carboxylic acid groups (broad SMARTS) is 2. The summed E-state index contributed by atoms with van der Waals surface area (Å²) in [6, 6.07) is 12.7. The van der Waals surface area contributed by atoms with Crippen molar-refractivity contribution in [2.24, 2.45) is 0 Å². The average molecular weight is 469 g/mol. The minimum atomic E-state index is -1.23. The molecule has 0 aliphatic heterocycles. The fourth-order valence-electron chi connectivity index (χ4n) is 3.01. The Balaban J connectivity index is 2.11. The summed E-state index contributed by atoms with van der Waals surface area (Å²) in [4.78, 5) is 46.8. The van der Waals surface area contributed by atoms with Gasteiger partial charge < -0.3 is 25.0 Å². The smallest absolute Gasteiger partial charge is 0.339 e. The molecule has 0 spiro atoms. The fraction of sp³-hybridized carbons (Fsp3) is 0.280. The number of carboxylic acids is 2. The number of rotatable bonds is 13. The quantitative estimate of drug-likeness (QED) is 0.230. The number of methoxy groups -OCH3 is 1. The van der Waals surface area contributed by atoms with E-state index in [1.807, 2.05) is 0 Å². The van der Waals surface area contributed by atoms with Gasteiger partial charge in [0.25, 0.3) is 5.91 Å². The molecule has 180 valence electrons. The highest BCUT2D eigenvalue weighted by Gasteiger charge is 2.25. The van der Waals surface area contributed by atoms with Crippen molar-refractivity contribution < 1.29 is 38.9 Å². The first kappa shape index (κ1) is 26.1. The predicted octanol–water partition coefficient (Wildman–Crippen LogP) is 3.45. The number of amides is 1. The minimum Gasteiger partial charge on any atom is -0.497 e. The molecule has 9 heteroatoms. The molecule has 0 radical (unpaired) electrons. The average Bonchev–Trinajstić information content (AvgIpc) is 2.83. The van der Waals surface area contributed by atoms with Gasteiger partial charge in [0.1, 0.15) is 5.75 Å². The van der Waals surface area contributed by atoms with Crippen molar-refractivity contribution in [2.75, 3.05) is 13.7 Å². The molecule has 1 amide bonds. The van der Waals surface area contributed by atoms with Crippen LogP contribution >= 0.6 is 0 Å². The molecule has 0 bridgehead atoms. The summed E-state index contributed by atoms with van der Waals surface area (Å²) in [5, 5.41) is 20.2. The first-order chi connectivity index (χ1) is 16.3. The monoisotopic (exact) mass is 469 g/mol. The van der Waals surface area contributed by atoms with E-state index in [4.69, 9.17) is 19.7 Å². The van der Waals surface area contributed by atoms with E-state index < -0.39 is 29.9 Å². The SMILES string of the molecule is COc1ccc(C(=O)OC(C(=O)NCCCCCC(=O)O)c2ccc(/C=C/C(=O)O)cc2)cc1. The van der Waals surface area contributed by atoms with Gasteiger partial charge in [-0.1, -0.05) is 30.7 Å². The summed E-state index contributed by atoms with van der Waals surface area (Å²) >= 11 is 0. The zero-order valence-corrected chi connectivity index (χ0v) is 18.7. The van der Waals surface area contributed by atoms with Crippen molar-refractivity contribution in [2.45, 2.75) is 31.8 Å². The lowest BCUT2D eigenvalue weighted by molar-refractivity contribution is -0.137. The van der Waals surface area contributed by atoms with Gasteiger partial charge in [-0.2, -0.15) is 0 Å². The molecular formula is C25H27NO8. The Hall–Kier alpha value is -4.14. The molecule has 34 heavy (non-hydrogen) atoms. The van der Waals surface area contributed by atoms with Crippen LogP contribution in [0.15, 0.2) is 54.6 Å². The van der Waals surface area contributed by atoms with Crippen LogP contribution in [0.2, 0.25) is 0 Å². The van der Waals surface area contributed by atoms with E-state index in [1.54, 1.807) is 36.4 Å². The van der Waals surface area contributed by atoms with E-state index >= 15 is 0 Å². The maximum atomic E-state index is 12.9. The van der Waals surface area contributed by atoms with Gasteiger partial charge in [0.2, 0.25) is 6.10 Å². The van der Waals surface area contributed by atoms with Gasteiger partial charge in [0.15, 0.2) is 0 Å². The third kappa shape index (κ3) is 8.78. The summed E-state index contributed by atoms with van der Waals surface area (Å²) < 4.78 is 10.6. The molecule has 0 fully saturated rings. The predicted molar refractivity (Wildman–Crippen MR) is 123 cm³/mol. The van der Waals surface area contributed by atoms with Crippen LogP contribution in [-0.4, -0.2) is 47.7 Å². The van der Waals surface area contributed by atoms with E-state index in [1.165, 1.54) is 25.3 Å². The van der Waals surface area contributed by atoms with Crippen LogP contribution in [0.5, 0.6) is 5.75 Å². The number of carbonyl (C=O) groups excluding carboxylic acids is 2. The first-order valence-corrected chi connectivity index (χ1v) is 10.7. The van der Waals surface area contributed by atoms with Crippen molar-refractivity contribution in [3.05, 3.63) is 71.3 Å². The topological polar surface area (TPSA) is 139 Å². The molecule has 2 aromatic rings. The molecule has 0 saturated heterocycles. The van der Waals surface area contributed by atoms with Gasteiger partial charge in [-0.05, 0) is 48.7 Å². The second kappa shape index (κ2) is 13.4. The standard InChI is InChI=1S/C25H27NO8/c1-33-20-13-11-19(12-14-20)25(32)34-23(24(31)26-16-4-2-3-5-21(27)28)18-9-6-17(7-10-18)8-15-22(29)30/h6-15,23H,2-5,16H2,1H3,(H,26,31)(H,27,28)(H,29,30)/b15-8+. The van der Waals surface area contributed by atoms with Gasteiger partial charge in [0.05, 0.1) is 12.7 Å². The second-order valence-corrected chi connectivity index (χ2v) is 7.35.